The molecule has 2 nitrogen and oxygen atoms in total. The van der Waals surface area contributed by atoms with Crippen molar-refractivity contribution in [3.63, 3.8) is 0 Å². The maximum Gasteiger partial charge on any atom is 0.129 e. The summed E-state index contributed by atoms with van der Waals surface area (Å²) in [7, 11) is 0. The van der Waals surface area contributed by atoms with Gasteiger partial charge in [-0.1, -0.05) is 0 Å². The Hall–Kier alpha value is -0.370. The first kappa shape index (κ1) is 7.73. The normalized spacial score (nSPS) is 30.2. The van der Waals surface area contributed by atoms with Crippen LogP contribution in [0.5, 0.6) is 0 Å². The average Bonchev–Trinajstić information content (AvgIpc) is 2.46. The van der Waals surface area contributed by atoms with Gasteiger partial charge in [0.05, 0.1) is 12.2 Å². The van der Waals surface area contributed by atoms with Crippen molar-refractivity contribution in [3.8, 4) is 0 Å². The van der Waals surface area contributed by atoms with Gasteiger partial charge < -0.3 is 9.53 Å². The smallest absolute Gasteiger partial charge is 0.129 e. The molecule has 0 N–H and O–H groups in total. The lowest BCUT2D eigenvalue weighted by Crippen LogP contribution is -1.93. The number of ketones is 1. The summed E-state index contributed by atoms with van der Waals surface area (Å²) in [5.41, 5.74) is 0. The molecule has 1 heterocycles. The van der Waals surface area contributed by atoms with E-state index in [0.717, 1.165) is 12.8 Å². The van der Waals surface area contributed by atoms with Gasteiger partial charge in [0, 0.05) is 6.42 Å². The molecule has 1 aliphatic heterocycles. The second-order valence-corrected chi connectivity index (χ2v) is 2.97. The van der Waals surface area contributed by atoms with Gasteiger partial charge in [0.1, 0.15) is 5.78 Å². The Morgan fingerprint density at radius 3 is 2.60 bits per heavy atom. The Morgan fingerprint density at radius 1 is 1.60 bits per heavy atom. The van der Waals surface area contributed by atoms with E-state index in [4.69, 9.17) is 4.74 Å². The third-order valence-electron chi connectivity index (χ3n) is 1.85. The molecular weight excluding hydrogens is 128 g/mol. The molecule has 0 aromatic carbocycles. The minimum absolute atomic E-state index is 0.285. The van der Waals surface area contributed by atoms with Gasteiger partial charge in [-0.15, -0.1) is 0 Å². The lowest BCUT2D eigenvalue weighted by atomic mass is 10.1. The molecule has 1 fully saturated rings. The molecule has 0 aromatic heterocycles. The Labute approximate surface area is 61.6 Å². The van der Waals surface area contributed by atoms with Crippen molar-refractivity contribution >= 4 is 5.78 Å². The van der Waals surface area contributed by atoms with E-state index in [1.807, 2.05) is 0 Å². The Bertz CT molecular complexity index is 131. The summed E-state index contributed by atoms with van der Waals surface area (Å²) < 4.78 is 5.19. The number of carbonyl (C=O) groups excluding carboxylic acids is 1. The van der Waals surface area contributed by atoms with Crippen molar-refractivity contribution in [3.05, 3.63) is 0 Å². The molecule has 1 aliphatic rings. The van der Waals surface area contributed by atoms with E-state index in [1.54, 1.807) is 6.92 Å². The van der Waals surface area contributed by atoms with Gasteiger partial charge in [-0.3, -0.25) is 0 Å². The van der Waals surface area contributed by atoms with Crippen LogP contribution in [0, 0.1) is 0 Å². The Balaban J connectivity index is 1.91. The standard InChI is InChI=1S/C8H14O2/c1-6(9)4-3-5-8-7(2)10-8/h7-8H,3-5H2,1-2H3. The Morgan fingerprint density at radius 2 is 2.20 bits per heavy atom. The third-order valence-corrected chi connectivity index (χ3v) is 1.85. The topological polar surface area (TPSA) is 29.6 Å². The lowest BCUT2D eigenvalue weighted by Gasteiger charge is -1.91. The van der Waals surface area contributed by atoms with Crippen LogP contribution in [0.4, 0.5) is 0 Å². The summed E-state index contributed by atoms with van der Waals surface area (Å²) in [5, 5.41) is 0. The molecule has 0 amide bonds. The van der Waals surface area contributed by atoms with Gasteiger partial charge >= 0.3 is 0 Å². The van der Waals surface area contributed by atoms with Gasteiger partial charge in [0.15, 0.2) is 0 Å². The molecule has 58 valence electrons. The zero-order chi connectivity index (χ0) is 7.56. The molecule has 0 aromatic rings. The largest absolute Gasteiger partial charge is 0.370 e. The second-order valence-electron chi connectivity index (χ2n) is 2.97. The Kier molecular flexibility index (Phi) is 2.44. The van der Waals surface area contributed by atoms with Crippen molar-refractivity contribution < 1.29 is 9.53 Å². The molecule has 1 saturated heterocycles. The molecule has 2 heteroatoms. The van der Waals surface area contributed by atoms with Gasteiger partial charge in [0.2, 0.25) is 0 Å². The van der Waals surface area contributed by atoms with Crippen LogP contribution < -0.4 is 0 Å². The fourth-order valence-electron chi connectivity index (χ4n) is 1.09. The van der Waals surface area contributed by atoms with Gasteiger partial charge in [-0.25, -0.2) is 0 Å². The predicted octanol–water partition coefficient (Wildman–Crippen LogP) is 1.53. The van der Waals surface area contributed by atoms with E-state index >= 15 is 0 Å². The zero-order valence-electron chi connectivity index (χ0n) is 6.59. The molecule has 0 bridgehead atoms. The molecule has 0 spiro atoms. The van der Waals surface area contributed by atoms with E-state index in [1.165, 1.54) is 0 Å². The van der Waals surface area contributed by atoms with E-state index in [-0.39, 0.29) is 5.78 Å². The summed E-state index contributed by atoms with van der Waals surface area (Å²) in [6.07, 6.45) is 3.67. The fourth-order valence-corrected chi connectivity index (χ4v) is 1.09. The molecule has 2 unspecified atom stereocenters. The van der Waals surface area contributed by atoms with Gasteiger partial charge in [-0.05, 0) is 26.7 Å². The van der Waals surface area contributed by atoms with E-state index < -0.39 is 0 Å². The van der Waals surface area contributed by atoms with Crippen molar-refractivity contribution in [1.29, 1.82) is 0 Å². The second kappa shape index (κ2) is 3.15. The van der Waals surface area contributed by atoms with Crippen LogP contribution in [-0.2, 0) is 9.53 Å². The van der Waals surface area contributed by atoms with E-state index in [0.29, 0.717) is 18.6 Å². The predicted molar refractivity (Wildman–Crippen MR) is 38.9 cm³/mol. The molecule has 2 atom stereocenters. The van der Waals surface area contributed by atoms with Gasteiger partial charge in [0.25, 0.3) is 0 Å². The minimum atomic E-state index is 0.285. The maximum absolute atomic E-state index is 10.5. The first-order valence-corrected chi connectivity index (χ1v) is 3.85. The monoisotopic (exact) mass is 142 g/mol. The number of hydrogen-bond donors (Lipinski definition) is 0. The van der Waals surface area contributed by atoms with E-state index in [9.17, 15) is 4.79 Å². The first-order chi connectivity index (χ1) is 4.70. The van der Waals surface area contributed by atoms with Crippen LogP contribution in [0.2, 0.25) is 0 Å². The fraction of sp³-hybridized carbons (Fsp3) is 0.875. The summed E-state index contributed by atoms with van der Waals surface area (Å²) in [5.74, 6) is 0.285. The summed E-state index contributed by atoms with van der Waals surface area (Å²) in [4.78, 5) is 10.5. The van der Waals surface area contributed by atoms with Crippen molar-refractivity contribution in [1.82, 2.24) is 0 Å². The summed E-state index contributed by atoms with van der Waals surface area (Å²) in [6.45, 7) is 3.70. The highest BCUT2D eigenvalue weighted by molar-refractivity contribution is 5.75. The average molecular weight is 142 g/mol. The summed E-state index contributed by atoms with van der Waals surface area (Å²) >= 11 is 0. The van der Waals surface area contributed by atoms with Crippen LogP contribution in [0.1, 0.15) is 33.1 Å². The first-order valence-electron chi connectivity index (χ1n) is 3.85. The molecule has 10 heavy (non-hydrogen) atoms. The van der Waals surface area contributed by atoms with Crippen LogP contribution in [0.25, 0.3) is 0 Å². The highest BCUT2D eigenvalue weighted by Gasteiger charge is 2.32. The molecule has 0 saturated carbocycles. The van der Waals surface area contributed by atoms with Crippen LogP contribution in [0.15, 0.2) is 0 Å². The number of epoxide rings is 1. The van der Waals surface area contributed by atoms with Crippen LogP contribution in [-0.4, -0.2) is 18.0 Å². The molecular formula is C8H14O2. The minimum Gasteiger partial charge on any atom is -0.370 e. The number of ether oxygens (including phenoxy) is 1. The molecule has 1 rings (SSSR count). The number of rotatable bonds is 4. The highest BCUT2D eigenvalue weighted by Crippen LogP contribution is 2.25. The quantitative estimate of drug-likeness (QED) is 0.557. The van der Waals surface area contributed by atoms with Crippen molar-refractivity contribution in [2.24, 2.45) is 0 Å². The maximum atomic E-state index is 10.5. The lowest BCUT2D eigenvalue weighted by molar-refractivity contribution is -0.117. The van der Waals surface area contributed by atoms with Crippen LogP contribution in [0.3, 0.4) is 0 Å². The van der Waals surface area contributed by atoms with Crippen molar-refractivity contribution in [2.45, 2.75) is 45.3 Å². The van der Waals surface area contributed by atoms with Crippen LogP contribution >= 0.6 is 0 Å². The molecule has 0 radical (unpaired) electrons. The third kappa shape index (κ3) is 2.48. The van der Waals surface area contributed by atoms with E-state index in [2.05, 4.69) is 6.92 Å². The highest BCUT2D eigenvalue weighted by atomic mass is 16.6. The summed E-state index contributed by atoms with van der Waals surface area (Å²) in [6, 6.07) is 0. The van der Waals surface area contributed by atoms with Crippen molar-refractivity contribution in [2.75, 3.05) is 0 Å². The number of carbonyl (C=O) groups is 1. The zero-order valence-corrected chi connectivity index (χ0v) is 6.59. The SMILES string of the molecule is CC(=O)CCCC1OC1C. The molecule has 0 aliphatic carbocycles. The number of Topliss-reactive ketones (excluding diaryl/α,β-unsaturated/α-hetero) is 1. The number of hydrogen-bond acceptors (Lipinski definition) is 2. The van der Waals surface area contributed by atoms with Gasteiger partial charge in [-0.2, -0.15) is 0 Å².